The van der Waals surface area contributed by atoms with Crippen molar-refractivity contribution in [3.05, 3.63) is 21.9 Å². The molecule has 2 rings (SSSR count). The summed E-state index contributed by atoms with van der Waals surface area (Å²) in [5, 5.41) is 12.7. The van der Waals surface area contributed by atoms with E-state index in [1.807, 2.05) is 18.3 Å². The smallest absolute Gasteiger partial charge is 0.0672 e. The molecule has 0 amide bonds. The third-order valence-electron chi connectivity index (χ3n) is 4.38. The number of piperidine rings is 1. The van der Waals surface area contributed by atoms with E-state index in [-0.39, 0.29) is 0 Å². The topological polar surface area (TPSA) is 23.5 Å². The second-order valence-electron chi connectivity index (χ2n) is 6.70. The van der Waals surface area contributed by atoms with Crippen molar-refractivity contribution >= 4 is 11.3 Å². The quantitative estimate of drug-likeness (QED) is 0.910. The predicted octanol–water partition coefficient (Wildman–Crippen LogP) is 3.68. The Bertz CT molecular complexity index is 411. The molecule has 0 radical (unpaired) electrons. The van der Waals surface area contributed by atoms with Gasteiger partial charge < -0.3 is 5.11 Å². The minimum Gasteiger partial charge on any atom is -0.390 e. The highest BCUT2D eigenvalue weighted by Gasteiger charge is 2.37. The number of hydrogen-bond acceptors (Lipinski definition) is 3. The lowest BCUT2D eigenvalue weighted by molar-refractivity contribution is -0.0662. The standard InChI is InChI=1S/C16H27NOS/c1-12(2)9-14-10-17(7-6-16(14,4)18)11-15-13(3)5-8-19-15/h5,8,12,14,18H,6-7,9-11H2,1-4H3/t14-,16+/m0/s1. The Balaban J connectivity index is 1.99. The Morgan fingerprint density at radius 3 is 2.84 bits per heavy atom. The molecule has 0 spiro atoms. The highest BCUT2D eigenvalue weighted by molar-refractivity contribution is 7.10. The average Bonchev–Trinajstić information content (AvgIpc) is 2.69. The van der Waals surface area contributed by atoms with Crippen LogP contribution in [0.4, 0.5) is 0 Å². The minimum absolute atomic E-state index is 0.404. The van der Waals surface area contributed by atoms with E-state index in [4.69, 9.17) is 0 Å². The summed E-state index contributed by atoms with van der Waals surface area (Å²) in [7, 11) is 0. The van der Waals surface area contributed by atoms with Crippen LogP contribution < -0.4 is 0 Å². The summed E-state index contributed by atoms with van der Waals surface area (Å²) in [6.45, 7) is 11.8. The monoisotopic (exact) mass is 281 g/mol. The number of nitrogens with zero attached hydrogens (tertiary/aromatic N) is 1. The molecule has 1 aromatic rings. The van der Waals surface area contributed by atoms with Crippen LogP contribution in [-0.4, -0.2) is 28.7 Å². The molecule has 0 unspecified atom stereocenters. The lowest BCUT2D eigenvalue weighted by Gasteiger charge is -2.43. The van der Waals surface area contributed by atoms with E-state index in [9.17, 15) is 5.11 Å². The lowest BCUT2D eigenvalue weighted by Crippen LogP contribution is -2.50. The molecule has 1 aliphatic heterocycles. The van der Waals surface area contributed by atoms with Gasteiger partial charge in [0.25, 0.3) is 0 Å². The van der Waals surface area contributed by atoms with Crippen LogP contribution in [0.2, 0.25) is 0 Å². The van der Waals surface area contributed by atoms with Crippen molar-refractivity contribution in [3.8, 4) is 0 Å². The lowest BCUT2D eigenvalue weighted by atomic mass is 9.78. The van der Waals surface area contributed by atoms with E-state index in [1.54, 1.807) is 0 Å². The Labute approximate surface area is 121 Å². The maximum absolute atomic E-state index is 10.6. The summed E-state index contributed by atoms with van der Waals surface area (Å²) in [4.78, 5) is 3.99. The van der Waals surface area contributed by atoms with Crippen LogP contribution in [0.15, 0.2) is 11.4 Å². The Morgan fingerprint density at radius 1 is 1.53 bits per heavy atom. The molecule has 2 heterocycles. The van der Waals surface area contributed by atoms with E-state index in [2.05, 4.69) is 37.1 Å². The van der Waals surface area contributed by atoms with E-state index in [1.165, 1.54) is 10.4 Å². The summed E-state index contributed by atoms with van der Waals surface area (Å²) in [5.41, 5.74) is 0.924. The highest BCUT2D eigenvalue weighted by Crippen LogP contribution is 2.33. The van der Waals surface area contributed by atoms with Crippen LogP contribution >= 0.6 is 11.3 Å². The van der Waals surface area contributed by atoms with Gasteiger partial charge in [-0.25, -0.2) is 0 Å². The fraction of sp³-hybridized carbons (Fsp3) is 0.750. The average molecular weight is 281 g/mol. The molecule has 1 saturated heterocycles. The van der Waals surface area contributed by atoms with E-state index in [0.29, 0.717) is 11.8 Å². The molecule has 19 heavy (non-hydrogen) atoms. The molecule has 0 saturated carbocycles. The number of likely N-dealkylation sites (tertiary alicyclic amines) is 1. The van der Waals surface area contributed by atoms with Crippen molar-refractivity contribution in [2.45, 2.75) is 52.7 Å². The van der Waals surface area contributed by atoms with Crippen LogP contribution in [0.3, 0.4) is 0 Å². The third kappa shape index (κ3) is 3.80. The molecule has 1 fully saturated rings. The van der Waals surface area contributed by atoms with Gasteiger partial charge in [0, 0.05) is 30.4 Å². The Hall–Kier alpha value is -0.380. The summed E-state index contributed by atoms with van der Waals surface area (Å²) >= 11 is 1.85. The van der Waals surface area contributed by atoms with E-state index >= 15 is 0 Å². The molecule has 108 valence electrons. The minimum atomic E-state index is -0.481. The van der Waals surface area contributed by atoms with Gasteiger partial charge in [-0.2, -0.15) is 0 Å². The number of aliphatic hydroxyl groups is 1. The number of aryl methyl sites for hydroxylation is 1. The molecular formula is C16H27NOS. The van der Waals surface area contributed by atoms with Gasteiger partial charge in [0.2, 0.25) is 0 Å². The summed E-state index contributed by atoms with van der Waals surface area (Å²) in [6.07, 6.45) is 2.02. The van der Waals surface area contributed by atoms with Gasteiger partial charge >= 0.3 is 0 Å². The van der Waals surface area contributed by atoms with Crippen LogP contribution in [0.1, 0.15) is 44.1 Å². The molecule has 2 nitrogen and oxygen atoms in total. The first-order valence-electron chi connectivity index (χ1n) is 7.36. The molecule has 1 aliphatic rings. The van der Waals surface area contributed by atoms with Crippen LogP contribution in [0.5, 0.6) is 0 Å². The van der Waals surface area contributed by atoms with Gasteiger partial charge in [0.1, 0.15) is 0 Å². The number of rotatable bonds is 4. The number of hydrogen-bond donors (Lipinski definition) is 1. The van der Waals surface area contributed by atoms with Gasteiger partial charge in [0.05, 0.1) is 5.60 Å². The molecule has 0 bridgehead atoms. The fourth-order valence-corrected chi connectivity index (χ4v) is 3.95. The molecule has 0 aromatic carbocycles. The maximum Gasteiger partial charge on any atom is 0.0672 e. The molecule has 0 aliphatic carbocycles. The maximum atomic E-state index is 10.6. The number of thiophene rings is 1. The first-order valence-corrected chi connectivity index (χ1v) is 8.24. The molecule has 3 heteroatoms. The second-order valence-corrected chi connectivity index (χ2v) is 7.70. The van der Waals surface area contributed by atoms with Gasteiger partial charge in [-0.15, -0.1) is 11.3 Å². The normalized spacial score (nSPS) is 29.1. The molecule has 1 N–H and O–H groups in total. The van der Waals surface area contributed by atoms with Crippen molar-refractivity contribution in [2.24, 2.45) is 11.8 Å². The van der Waals surface area contributed by atoms with Crippen molar-refractivity contribution in [3.63, 3.8) is 0 Å². The zero-order chi connectivity index (χ0) is 14.0. The first-order chi connectivity index (χ1) is 8.88. The van der Waals surface area contributed by atoms with Gasteiger partial charge in [-0.05, 0) is 49.6 Å². The molecule has 2 atom stereocenters. The van der Waals surface area contributed by atoms with Crippen molar-refractivity contribution in [1.29, 1.82) is 0 Å². The Kier molecular flexibility index (Phi) is 4.70. The zero-order valence-corrected chi connectivity index (χ0v) is 13.5. The SMILES string of the molecule is Cc1ccsc1CN1CC[C@@](C)(O)[C@@H](CC(C)C)C1. The predicted molar refractivity (Wildman–Crippen MR) is 82.5 cm³/mol. The van der Waals surface area contributed by atoms with Gasteiger partial charge in [-0.3, -0.25) is 4.90 Å². The Morgan fingerprint density at radius 2 is 2.26 bits per heavy atom. The van der Waals surface area contributed by atoms with Crippen LogP contribution in [0, 0.1) is 18.8 Å². The zero-order valence-electron chi connectivity index (χ0n) is 12.6. The molecular weight excluding hydrogens is 254 g/mol. The summed E-state index contributed by atoms with van der Waals surface area (Å²) in [6, 6.07) is 2.20. The fourth-order valence-electron chi connectivity index (χ4n) is 3.00. The summed E-state index contributed by atoms with van der Waals surface area (Å²) in [5.74, 6) is 1.06. The third-order valence-corrected chi connectivity index (χ3v) is 5.39. The highest BCUT2D eigenvalue weighted by atomic mass is 32.1. The summed E-state index contributed by atoms with van der Waals surface area (Å²) < 4.78 is 0. The van der Waals surface area contributed by atoms with Crippen LogP contribution in [-0.2, 0) is 6.54 Å². The van der Waals surface area contributed by atoms with Crippen molar-refractivity contribution in [2.75, 3.05) is 13.1 Å². The second kappa shape index (κ2) is 5.94. The van der Waals surface area contributed by atoms with E-state index < -0.39 is 5.60 Å². The largest absolute Gasteiger partial charge is 0.390 e. The van der Waals surface area contributed by atoms with Gasteiger partial charge in [0.15, 0.2) is 0 Å². The van der Waals surface area contributed by atoms with Crippen LogP contribution in [0.25, 0.3) is 0 Å². The van der Waals surface area contributed by atoms with Crippen molar-refractivity contribution in [1.82, 2.24) is 4.90 Å². The van der Waals surface area contributed by atoms with E-state index in [0.717, 1.165) is 32.5 Å². The van der Waals surface area contributed by atoms with Gasteiger partial charge in [-0.1, -0.05) is 13.8 Å². The first kappa shape index (κ1) is 15.0. The molecule has 1 aromatic heterocycles. The van der Waals surface area contributed by atoms with Crippen molar-refractivity contribution < 1.29 is 5.11 Å².